The predicted molar refractivity (Wildman–Crippen MR) is 186 cm³/mol. The Hall–Kier alpha value is -5.40. The molecule has 0 unspecified atom stereocenters. The molecule has 5 aromatic rings. The third-order valence-corrected chi connectivity index (χ3v) is 10.1. The van der Waals surface area contributed by atoms with Gasteiger partial charge in [-0.1, -0.05) is 71.6 Å². The number of hydrogen-bond donors (Lipinski definition) is 1. The van der Waals surface area contributed by atoms with Gasteiger partial charge in [-0.2, -0.15) is 0 Å². The quantitative estimate of drug-likeness (QED) is 0.0490. The minimum atomic E-state index is -1.09. The van der Waals surface area contributed by atoms with Crippen LogP contribution in [0.15, 0.2) is 101 Å². The Labute approximate surface area is 295 Å². The second-order valence-electron chi connectivity index (χ2n) is 11.2. The lowest BCUT2D eigenvalue weighted by Crippen LogP contribution is -2.29. The van der Waals surface area contributed by atoms with Gasteiger partial charge in [0.25, 0.3) is 5.78 Å². The van der Waals surface area contributed by atoms with Crippen LogP contribution in [-0.2, 0) is 21.9 Å². The van der Waals surface area contributed by atoms with Crippen LogP contribution < -0.4 is 23.8 Å². The smallest absolute Gasteiger partial charge is 0.301 e. The summed E-state index contributed by atoms with van der Waals surface area (Å²) < 4.78 is 37.4. The molecule has 0 bridgehead atoms. The number of fused-ring (bicyclic) bond motifs is 1. The van der Waals surface area contributed by atoms with Crippen LogP contribution in [0, 0.1) is 5.82 Å². The number of hydrogen-bond acceptors (Lipinski definition) is 11. The van der Waals surface area contributed by atoms with Gasteiger partial charge < -0.3 is 24.1 Å². The van der Waals surface area contributed by atoms with Crippen LogP contribution >= 0.6 is 23.1 Å². The summed E-state index contributed by atoms with van der Waals surface area (Å²) >= 11 is 2.50. The number of rotatable bonds is 11. The topological polar surface area (TPSA) is 120 Å². The monoisotopic (exact) mass is 711 g/mol. The number of ether oxygens (including phenoxy) is 4. The highest BCUT2D eigenvalue weighted by Crippen LogP contribution is 2.46. The second kappa shape index (κ2) is 14.6. The Morgan fingerprint density at radius 3 is 2.48 bits per heavy atom. The molecule has 13 heteroatoms. The first-order valence-corrected chi connectivity index (χ1v) is 17.5. The Balaban J connectivity index is 1.28. The van der Waals surface area contributed by atoms with Crippen molar-refractivity contribution in [3.63, 3.8) is 0 Å². The molecule has 0 spiro atoms. The van der Waals surface area contributed by atoms with Gasteiger partial charge in [-0.3, -0.25) is 14.5 Å². The molecule has 1 saturated heterocycles. The lowest BCUT2D eigenvalue weighted by atomic mass is 9.95. The van der Waals surface area contributed by atoms with Crippen LogP contribution in [0.3, 0.4) is 0 Å². The van der Waals surface area contributed by atoms with E-state index in [1.165, 1.54) is 28.8 Å². The van der Waals surface area contributed by atoms with E-state index < -0.39 is 17.7 Å². The molecule has 1 atom stereocenters. The lowest BCUT2D eigenvalue weighted by molar-refractivity contribution is -0.132. The molecule has 0 radical (unpaired) electrons. The van der Waals surface area contributed by atoms with Crippen LogP contribution in [0.1, 0.15) is 35.2 Å². The van der Waals surface area contributed by atoms with E-state index in [1.807, 2.05) is 37.3 Å². The number of aliphatic hydroxyl groups is 1. The number of aliphatic hydroxyl groups excluding tert-OH is 1. The first-order chi connectivity index (χ1) is 24.4. The molecule has 4 aromatic carbocycles. The standard InChI is InChI=1S/C37H30FN3O7S2/c1-2-45-29-18-24(10-14-28(29)48-20-22-6-4-3-5-7-22)32-31(33(42)25-11-15-27-30(19-25)47-17-16-46-27)34(43)35(44)41(32)36-39-40-37(50-36)49-21-23-8-12-26(38)13-9-23/h3-15,18-19,32,42H,2,16-17,20-21H2,1H3/b33-31+/t32-/m0/s1. The maximum Gasteiger partial charge on any atom is 0.301 e. The third kappa shape index (κ3) is 6.87. The number of ketones is 1. The van der Waals surface area contributed by atoms with Gasteiger partial charge in [0.05, 0.1) is 18.2 Å². The predicted octanol–water partition coefficient (Wildman–Crippen LogP) is 7.34. The fourth-order valence-corrected chi connectivity index (χ4v) is 7.42. The SMILES string of the molecule is CCOc1cc([C@H]2/C(=C(\O)c3ccc4c(c3)OCCO4)C(=O)C(=O)N2c2nnc(SCc3ccc(F)cc3)s2)ccc1OCc1ccccc1. The zero-order chi connectivity index (χ0) is 34.6. The number of thioether (sulfide) groups is 1. The molecule has 254 valence electrons. The molecular formula is C37H30FN3O7S2. The summed E-state index contributed by atoms with van der Waals surface area (Å²) in [6.45, 7) is 3.19. The summed E-state index contributed by atoms with van der Waals surface area (Å²) in [5.41, 5.74) is 2.47. The molecule has 1 amide bonds. The zero-order valence-electron chi connectivity index (χ0n) is 26.7. The maximum atomic E-state index is 13.9. The summed E-state index contributed by atoms with van der Waals surface area (Å²) in [4.78, 5) is 29.0. The normalized spacial score (nSPS) is 16.4. The highest BCUT2D eigenvalue weighted by atomic mass is 32.2. The maximum absolute atomic E-state index is 13.9. The molecule has 1 N–H and O–H groups in total. The first kappa shape index (κ1) is 33.1. The Bertz CT molecular complexity index is 2070. The van der Waals surface area contributed by atoms with Crippen molar-refractivity contribution in [2.75, 3.05) is 24.7 Å². The number of aromatic nitrogens is 2. The van der Waals surface area contributed by atoms with E-state index in [1.54, 1.807) is 48.5 Å². The molecule has 1 aromatic heterocycles. The van der Waals surface area contributed by atoms with E-state index in [0.29, 0.717) is 65.1 Å². The van der Waals surface area contributed by atoms with Gasteiger partial charge in [-0.15, -0.1) is 10.2 Å². The van der Waals surface area contributed by atoms with E-state index in [2.05, 4.69) is 10.2 Å². The minimum Gasteiger partial charge on any atom is -0.507 e. The molecule has 7 rings (SSSR count). The van der Waals surface area contributed by atoms with Crippen molar-refractivity contribution in [1.29, 1.82) is 0 Å². The fraction of sp³-hybridized carbons (Fsp3) is 0.189. The summed E-state index contributed by atoms with van der Waals surface area (Å²) in [5.74, 6) is -0.185. The average Bonchev–Trinajstić information content (AvgIpc) is 3.72. The number of nitrogens with zero attached hydrogens (tertiary/aromatic N) is 3. The van der Waals surface area contributed by atoms with Gasteiger partial charge >= 0.3 is 5.91 Å². The van der Waals surface area contributed by atoms with Gasteiger partial charge in [0.2, 0.25) is 5.13 Å². The number of amides is 1. The van der Waals surface area contributed by atoms with Crippen molar-refractivity contribution in [2.24, 2.45) is 0 Å². The first-order valence-electron chi connectivity index (χ1n) is 15.7. The molecule has 2 aliphatic rings. The molecule has 1 fully saturated rings. The fourth-order valence-electron chi connectivity index (χ4n) is 5.59. The summed E-state index contributed by atoms with van der Waals surface area (Å²) in [7, 11) is 0. The van der Waals surface area contributed by atoms with Crippen molar-refractivity contribution in [1.82, 2.24) is 10.2 Å². The Kier molecular flexibility index (Phi) is 9.67. The van der Waals surface area contributed by atoms with E-state index in [-0.39, 0.29) is 27.8 Å². The lowest BCUT2D eigenvalue weighted by Gasteiger charge is -2.24. The van der Waals surface area contributed by atoms with Crippen molar-refractivity contribution < 1.29 is 38.0 Å². The summed E-state index contributed by atoms with van der Waals surface area (Å²) in [6.07, 6.45) is 0. The van der Waals surface area contributed by atoms with E-state index in [4.69, 9.17) is 18.9 Å². The van der Waals surface area contributed by atoms with Gasteiger partial charge in [0.15, 0.2) is 27.3 Å². The van der Waals surface area contributed by atoms with E-state index >= 15 is 0 Å². The van der Waals surface area contributed by atoms with Gasteiger partial charge in [0.1, 0.15) is 31.4 Å². The van der Waals surface area contributed by atoms with Crippen LogP contribution in [0.2, 0.25) is 0 Å². The number of carbonyl (C=O) groups is 2. The molecular weight excluding hydrogens is 682 g/mol. The van der Waals surface area contributed by atoms with E-state index in [0.717, 1.165) is 22.5 Å². The second-order valence-corrected chi connectivity index (χ2v) is 13.4. The molecule has 3 heterocycles. The minimum absolute atomic E-state index is 0.136. The summed E-state index contributed by atoms with van der Waals surface area (Å²) in [6, 6.07) is 24.7. The highest BCUT2D eigenvalue weighted by molar-refractivity contribution is 8.00. The van der Waals surface area contributed by atoms with E-state index in [9.17, 15) is 19.1 Å². The molecule has 0 aliphatic carbocycles. The third-order valence-electron chi connectivity index (χ3n) is 7.96. The van der Waals surface area contributed by atoms with Gasteiger partial charge in [-0.25, -0.2) is 4.39 Å². The Morgan fingerprint density at radius 2 is 1.70 bits per heavy atom. The largest absolute Gasteiger partial charge is 0.507 e. The molecule has 50 heavy (non-hydrogen) atoms. The molecule has 0 saturated carbocycles. The van der Waals surface area contributed by atoms with Crippen molar-refractivity contribution in [3.8, 4) is 23.0 Å². The van der Waals surface area contributed by atoms with Crippen LogP contribution in [0.25, 0.3) is 5.76 Å². The number of Topliss-reactive ketones (excluding diaryl/α,β-unsaturated/α-hetero) is 1. The number of anilines is 1. The van der Waals surface area contributed by atoms with Crippen LogP contribution in [0.4, 0.5) is 9.52 Å². The van der Waals surface area contributed by atoms with Crippen molar-refractivity contribution in [3.05, 3.63) is 125 Å². The Morgan fingerprint density at radius 1 is 0.920 bits per heavy atom. The number of halogens is 1. The highest BCUT2D eigenvalue weighted by Gasteiger charge is 2.48. The van der Waals surface area contributed by atoms with Crippen LogP contribution in [-0.4, -0.2) is 46.8 Å². The van der Waals surface area contributed by atoms with Crippen molar-refractivity contribution >= 4 is 45.7 Å². The molecule has 10 nitrogen and oxygen atoms in total. The average molecular weight is 712 g/mol. The van der Waals surface area contributed by atoms with Gasteiger partial charge in [-0.05, 0) is 66.1 Å². The number of benzene rings is 4. The van der Waals surface area contributed by atoms with Crippen LogP contribution in [0.5, 0.6) is 23.0 Å². The zero-order valence-corrected chi connectivity index (χ0v) is 28.3. The molecule has 2 aliphatic heterocycles. The van der Waals surface area contributed by atoms with Crippen molar-refractivity contribution in [2.45, 2.75) is 29.7 Å². The number of carbonyl (C=O) groups excluding carboxylic acids is 2. The van der Waals surface area contributed by atoms with Gasteiger partial charge in [0, 0.05) is 11.3 Å². The summed E-state index contributed by atoms with van der Waals surface area (Å²) in [5, 5.41) is 20.5.